The van der Waals surface area contributed by atoms with Crippen molar-refractivity contribution < 1.29 is 5.11 Å². The molecule has 0 aliphatic heterocycles. The smallest absolute Gasteiger partial charge is 0.203 e. The number of aliphatic hydroxyl groups is 1. The number of aliphatic hydroxyl groups excluding tert-OH is 1. The molecule has 1 atom stereocenters. The summed E-state index contributed by atoms with van der Waals surface area (Å²) in [6.07, 6.45) is 7.35. The van der Waals surface area contributed by atoms with E-state index in [0.717, 1.165) is 41.2 Å². The van der Waals surface area contributed by atoms with E-state index < -0.39 is 6.10 Å². The molecule has 2 rings (SSSR count). The van der Waals surface area contributed by atoms with E-state index in [-0.39, 0.29) is 6.04 Å². The second-order valence-corrected chi connectivity index (χ2v) is 8.93. The molecule has 2 aromatic rings. The Labute approximate surface area is 213 Å². The van der Waals surface area contributed by atoms with Crippen molar-refractivity contribution in [2.45, 2.75) is 86.3 Å². The maximum absolute atomic E-state index is 10.5. The number of aliphatic imine (C=N–C) groups is 1. The summed E-state index contributed by atoms with van der Waals surface area (Å²) < 4.78 is 0. The first-order valence-corrected chi connectivity index (χ1v) is 13.0. The number of halogens is 1. The van der Waals surface area contributed by atoms with Crippen molar-refractivity contribution in [3.8, 4) is 0 Å². The first kappa shape index (κ1) is 31.9. The number of hydrogen-bond acceptors (Lipinski definition) is 4. The predicted molar refractivity (Wildman–Crippen MR) is 152 cm³/mol. The molecule has 0 saturated heterocycles. The molecule has 0 radical (unpaired) electrons. The summed E-state index contributed by atoms with van der Waals surface area (Å²) in [6.45, 7) is 15.2. The first-order valence-electron chi connectivity index (χ1n) is 12.6. The fourth-order valence-electron chi connectivity index (χ4n) is 3.10. The maximum Gasteiger partial charge on any atom is 0.203 e. The van der Waals surface area contributed by atoms with Crippen molar-refractivity contribution in [1.29, 1.82) is 0 Å². The quantitative estimate of drug-likeness (QED) is 0.219. The van der Waals surface area contributed by atoms with Crippen LogP contribution in [0.4, 0.5) is 5.95 Å². The molecule has 7 heteroatoms. The van der Waals surface area contributed by atoms with Gasteiger partial charge in [-0.15, -0.1) is 0 Å². The molecule has 0 saturated carbocycles. The van der Waals surface area contributed by atoms with Crippen LogP contribution in [0.2, 0.25) is 5.02 Å². The Hall–Kier alpha value is -2.05. The Morgan fingerprint density at radius 2 is 1.76 bits per heavy atom. The van der Waals surface area contributed by atoms with Gasteiger partial charge in [0.15, 0.2) is 0 Å². The summed E-state index contributed by atoms with van der Waals surface area (Å²) in [4.78, 5) is 16.8. The number of amidine groups is 1. The summed E-state index contributed by atoms with van der Waals surface area (Å²) in [7, 11) is 6.01. The number of anilines is 1. The number of nitrogens with one attached hydrogen (secondary N) is 1. The Morgan fingerprint density at radius 3 is 2.29 bits per heavy atom. The van der Waals surface area contributed by atoms with Crippen molar-refractivity contribution >= 4 is 34.4 Å². The summed E-state index contributed by atoms with van der Waals surface area (Å²) in [5.41, 5.74) is 2.32. The Bertz CT molecular complexity index is 873. The molecule has 0 amide bonds. The number of imidazole rings is 1. The van der Waals surface area contributed by atoms with E-state index in [0.29, 0.717) is 18.0 Å². The van der Waals surface area contributed by atoms with Gasteiger partial charge in [0.25, 0.3) is 0 Å². The minimum atomic E-state index is -0.536. The van der Waals surface area contributed by atoms with Gasteiger partial charge in [-0.3, -0.25) is 4.99 Å². The lowest BCUT2D eigenvalue weighted by Gasteiger charge is -2.16. The lowest BCUT2D eigenvalue weighted by Crippen LogP contribution is -2.23. The van der Waals surface area contributed by atoms with Crippen molar-refractivity contribution in [3.05, 3.63) is 34.9 Å². The van der Waals surface area contributed by atoms with Crippen LogP contribution in [0.25, 0.3) is 11.0 Å². The van der Waals surface area contributed by atoms with Crippen LogP contribution >= 0.6 is 11.6 Å². The zero-order chi connectivity index (χ0) is 26.3. The Balaban J connectivity index is 0.00000201. The molecule has 0 spiro atoms. The van der Waals surface area contributed by atoms with Gasteiger partial charge in [-0.2, -0.15) is 0 Å². The van der Waals surface area contributed by atoms with E-state index in [9.17, 15) is 5.11 Å². The molecule has 194 valence electrons. The van der Waals surface area contributed by atoms with Gasteiger partial charge in [-0.05, 0) is 26.3 Å². The summed E-state index contributed by atoms with van der Waals surface area (Å²) in [5.74, 6) is 1.79. The van der Waals surface area contributed by atoms with Gasteiger partial charge in [0.2, 0.25) is 5.95 Å². The van der Waals surface area contributed by atoms with Gasteiger partial charge in [0, 0.05) is 45.7 Å². The summed E-state index contributed by atoms with van der Waals surface area (Å²) in [6, 6.07) is 3.96. The second-order valence-electron chi connectivity index (χ2n) is 8.52. The molecule has 0 fully saturated rings. The summed E-state index contributed by atoms with van der Waals surface area (Å²) in [5, 5.41) is 11.1. The third kappa shape index (κ3) is 10.5. The fraction of sp³-hybridized carbons (Fsp3) is 0.630. The predicted octanol–water partition coefficient (Wildman–Crippen LogP) is 7.24. The van der Waals surface area contributed by atoms with E-state index >= 15 is 0 Å². The lowest BCUT2D eigenvalue weighted by atomic mass is 10.0. The minimum absolute atomic E-state index is 0.279. The van der Waals surface area contributed by atoms with Crippen LogP contribution in [-0.4, -0.2) is 59.5 Å². The van der Waals surface area contributed by atoms with E-state index in [4.69, 9.17) is 16.6 Å². The molecule has 2 N–H and O–H groups in total. The van der Waals surface area contributed by atoms with Gasteiger partial charge in [0.1, 0.15) is 5.84 Å². The number of fused-ring (bicyclic) bond motifs is 1. The number of likely N-dealkylation sites (N-methyl/N-ethyl adjacent to an activating group) is 1. The van der Waals surface area contributed by atoms with Crippen LogP contribution < -0.4 is 4.90 Å². The highest BCUT2D eigenvalue weighted by Gasteiger charge is 2.17. The van der Waals surface area contributed by atoms with Crippen LogP contribution in [0.1, 0.15) is 85.8 Å². The number of H-pyrrole nitrogens is 1. The normalized spacial score (nSPS) is 12.3. The fourth-order valence-corrected chi connectivity index (χ4v) is 3.30. The number of nitrogens with zero attached hydrogens (tertiary/aromatic N) is 4. The van der Waals surface area contributed by atoms with Crippen molar-refractivity contribution in [3.63, 3.8) is 0 Å². The number of aromatic amines is 1. The van der Waals surface area contributed by atoms with Gasteiger partial charge >= 0.3 is 0 Å². The Morgan fingerprint density at radius 1 is 1.15 bits per heavy atom. The Kier molecular flexibility index (Phi) is 16.3. The van der Waals surface area contributed by atoms with Crippen molar-refractivity contribution in [2.75, 3.05) is 32.6 Å². The molecule has 1 heterocycles. The maximum atomic E-state index is 10.5. The van der Waals surface area contributed by atoms with E-state index in [1.807, 2.05) is 52.0 Å². The van der Waals surface area contributed by atoms with Gasteiger partial charge < -0.3 is 19.9 Å². The highest BCUT2D eigenvalue weighted by Crippen LogP contribution is 2.31. The molecule has 1 unspecified atom stereocenters. The van der Waals surface area contributed by atoms with Gasteiger partial charge in [-0.25, -0.2) is 4.98 Å². The minimum Gasteiger partial charge on any atom is -0.388 e. The molecular weight excluding hydrogens is 446 g/mol. The largest absolute Gasteiger partial charge is 0.388 e. The molecule has 1 aromatic heterocycles. The van der Waals surface area contributed by atoms with E-state index in [2.05, 4.69) is 61.6 Å². The summed E-state index contributed by atoms with van der Waals surface area (Å²) >= 11 is 6.36. The molecule has 1 aromatic carbocycles. The average molecular weight is 494 g/mol. The molecular formula is C27H48ClN5O. The van der Waals surface area contributed by atoms with E-state index in [1.54, 1.807) is 0 Å². The molecule has 34 heavy (non-hydrogen) atoms. The number of aromatic nitrogens is 2. The number of rotatable bonds is 9. The molecule has 0 bridgehead atoms. The van der Waals surface area contributed by atoms with Crippen LogP contribution in [0.3, 0.4) is 0 Å². The highest BCUT2D eigenvalue weighted by atomic mass is 35.5. The number of benzene rings is 1. The zero-order valence-corrected chi connectivity index (χ0v) is 23.9. The monoisotopic (exact) mass is 493 g/mol. The second kappa shape index (κ2) is 17.4. The topological polar surface area (TPSA) is 67.8 Å². The van der Waals surface area contributed by atoms with E-state index in [1.165, 1.54) is 6.42 Å². The highest BCUT2D eigenvalue weighted by molar-refractivity contribution is 6.35. The SMILES string of the molecule is CC.CCC.CCCC(O)c1ccc(Cl)c2[nH]c(N(C)C/C=C\CC(=NC(C)C)N(C)C)nc12. The molecule has 0 aliphatic carbocycles. The molecule has 6 nitrogen and oxygen atoms in total. The molecule has 0 aliphatic rings. The third-order valence-electron chi connectivity index (χ3n) is 4.67. The van der Waals surface area contributed by atoms with Crippen molar-refractivity contribution in [1.82, 2.24) is 14.9 Å². The third-order valence-corrected chi connectivity index (χ3v) is 4.98. The average Bonchev–Trinajstić information content (AvgIpc) is 3.24. The first-order chi connectivity index (χ1) is 16.2. The van der Waals surface area contributed by atoms with Crippen LogP contribution in [0.5, 0.6) is 0 Å². The van der Waals surface area contributed by atoms with Gasteiger partial charge in [-0.1, -0.05) is 77.3 Å². The number of hydrogen-bond donors (Lipinski definition) is 2. The standard InChI is InChI=1S/C22H34ClN5O.C3H8.C2H6/c1-7-10-18(29)16-12-13-17(23)21-20(16)25-22(26-21)28(6)14-9-8-11-19(27(4)5)24-15(2)3;1-3-2;1-2/h8-9,12-13,15,18,29H,7,10-11,14H2,1-6H3,(H,25,26);3H2,1-2H3;1-2H3/b9-8-,24-19?;;. The van der Waals surface area contributed by atoms with Crippen LogP contribution in [0, 0.1) is 0 Å². The zero-order valence-electron chi connectivity index (χ0n) is 23.1. The van der Waals surface area contributed by atoms with Crippen LogP contribution in [0.15, 0.2) is 29.3 Å². The van der Waals surface area contributed by atoms with Crippen molar-refractivity contribution in [2.24, 2.45) is 4.99 Å². The van der Waals surface area contributed by atoms with Crippen LogP contribution in [-0.2, 0) is 0 Å². The van der Waals surface area contributed by atoms with Gasteiger partial charge in [0.05, 0.1) is 22.2 Å². The lowest BCUT2D eigenvalue weighted by molar-refractivity contribution is 0.168.